The molecule has 1 aliphatic rings. The van der Waals surface area contributed by atoms with Crippen LogP contribution in [0.1, 0.15) is 29.8 Å². The number of ether oxygens (including phenoxy) is 1. The fourth-order valence-electron chi connectivity index (χ4n) is 2.36. The van der Waals surface area contributed by atoms with Crippen molar-refractivity contribution in [2.75, 3.05) is 7.11 Å². The third-order valence-electron chi connectivity index (χ3n) is 3.16. The Labute approximate surface area is 105 Å². The lowest BCUT2D eigenvalue weighted by Crippen LogP contribution is -2.09. The van der Waals surface area contributed by atoms with Crippen LogP contribution >= 0.6 is 11.6 Å². The van der Waals surface area contributed by atoms with Crippen molar-refractivity contribution in [1.29, 1.82) is 0 Å². The van der Waals surface area contributed by atoms with Crippen molar-refractivity contribution in [1.82, 2.24) is 14.6 Å². The van der Waals surface area contributed by atoms with Crippen molar-refractivity contribution in [2.45, 2.75) is 32.3 Å². The van der Waals surface area contributed by atoms with Crippen molar-refractivity contribution in [3.63, 3.8) is 0 Å². The molecule has 90 valence electrons. The van der Waals surface area contributed by atoms with Crippen molar-refractivity contribution in [3.8, 4) is 0 Å². The van der Waals surface area contributed by atoms with Gasteiger partial charge in [-0.15, -0.1) is 0 Å². The van der Waals surface area contributed by atoms with Gasteiger partial charge in [0, 0.05) is 24.4 Å². The van der Waals surface area contributed by atoms with Crippen LogP contribution in [0, 0.1) is 0 Å². The number of aryl methyl sites for hydroxylation is 1. The summed E-state index contributed by atoms with van der Waals surface area (Å²) >= 11 is 6.39. The van der Waals surface area contributed by atoms with Crippen LogP contribution in [0.4, 0.5) is 0 Å². The fourth-order valence-corrected chi connectivity index (χ4v) is 2.69. The molecule has 2 aromatic heterocycles. The Kier molecular flexibility index (Phi) is 2.76. The maximum Gasteiger partial charge on any atom is 0.157 e. The van der Waals surface area contributed by atoms with Gasteiger partial charge in [0.15, 0.2) is 5.65 Å². The minimum atomic E-state index is 0.490. The standard InChI is InChI=1S/C12H14ClN3O/c1-17-7-8-6-11-14-10-5-3-2-4-9(10)12(13)16(11)15-8/h6H,2-5,7H2,1H3. The smallest absolute Gasteiger partial charge is 0.157 e. The number of hydrogen-bond donors (Lipinski definition) is 0. The van der Waals surface area contributed by atoms with Gasteiger partial charge in [0.05, 0.1) is 12.3 Å². The molecule has 0 aromatic carbocycles. The molecule has 0 radical (unpaired) electrons. The molecule has 0 bridgehead atoms. The molecule has 5 heteroatoms. The summed E-state index contributed by atoms with van der Waals surface area (Å²) in [5, 5.41) is 5.12. The summed E-state index contributed by atoms with van der Waals surface area (Å²) in [5.41, 5.74) is 3.99. The van der Waals surface area contributed by atoms with E-state index in [9.17, 15) is 0 Å². The minimum absolute atomic E-state index is 0.490. The van der Waals surface area contributed by atoms with Gasteiger partial charge in [-0.05, 0) is 25.7 Å². The molecule has 0 amide bonds. The molecule has 3 rings (SSSR count). The van der Waals surface area contributed by atoms with Gasteiger partial charge in [-0.25, -0.2) is 9.50 Å². The third kappa shape index (κ3) is 1.81. The quantitative estimate of drug-likeness (QED) is 0.770. The van der Waals surface area contributed by atoms with Crippen molar-refractivity contribution in [3.05, 3.63) is 28.2 Å². The van der Waals surface area contributed by atoms with E-state index in [1.165, 1.54) is 12.8 Å². The summed E-state index contributed by atoms with van der Waals surface area (Å²) in [4.78, 5) is 4.64. The van der Waals surface area contributed by atoms with Crippen molar-refractivity contribution >= 4 is 17.2 Å². The maximum absolute atomic E-state index is 6.39. The third-order valence-corrected chi connectivity index (χ3v) is 3.54. The average molecular weight is 252 g/mol. The second-order valence-electron chi connectivity index (χ2n) is 4.37. The summed E-state index contributed by atoms with van der Waals surface area (Å²) in [6, 6.07) is 1.93. The zero-order chi connectivity index (χ0) is 11.8. The molecule has 17 heavy (non-hydrogen) atoms. The van der Waals surface area contributed by atoms with E-state index in [2.05, 4.69) is 10.1 Å². The molecule has 0 aliphatic heterocycles. The summed E-state index contributed by atoms with van der Waals surface area (Å²) < 4.78 is 6.80. The van der Waals surface area contributed by atoms with E-state index in [1.54, 1.807) is 11.6 Å². The Morgan fingerprint density at radius 1 is 1.41 bits per heavy atom. The highest BCUT2D eigenvalue weighted by Crippen LogP contribution is 2.27. The molecule has 0 saturated carbocycles. The molecular formula is C12H14ClN3O. The lowest BCUT2D eigenvalue weighted by molar-refractivity contribution is 0.181. The van der Waals surface area contributed by atoms with Gasteiger partial charge >= 0.3 is 0 Å². The fraction of sp³-hybridized carbons (Fsp3) is 0.500. The Bertz CT molecular complexity index is 564. The SMILES string of the molecule is COCc1cc2nc3c(c(Cl)n2n1)CCCC3. The highest BCUT2D eigenvalue weighted by atomic mass is 35.5. The molecule has 0 saturated heterocycles. The zero-order valence-corrected chi connectivity index (χ0v) is 10.5. The molecule has 0 spiro atoms. The number of nitrogens with zero attached hydrogens (tertiary/aromatic N) is 3. The van der Waals surface area contributed by atoms with Crippen LogP contribution in [0.5, 0.6) is 0 Å². The zero-order valence-electron chi connectivity index (χ0n) is 9.74. The number of methoxy groups -OCH3 is 1. The van der Waals surface area contributed by atoms with Gasteiger partial charge in [0.2, 0.25) is 0 Å². The molecule has 0 fully saturated rings. The van der Waals surface area contributed by atoms with E-state index in [-0.39, 0.29) is 0 Å². The predicted octanol–water partition coefficient (Wildman–Crippen LogP) is 2.41. The predicted molar refractivity (Wildman–Crippen MR) is 65.4 cm³/mol. The number of aromatic nitrogens is 3. The number of halogens is 1. The molecular weight excluding hydrogens is 238 g/mol. The largest absolute Gasteiger partial charge is 0.378 e. The van der Waals surface area contributed by atoms with E-state index in [4.69, 9.17) is 16.3 Å². The highest BCUT2D eigenvalue weighted by Gasteiger charge is 2.18. The molecule has 0 N–H and O–H groups in total. The molecule has 4 nitrogen and oxygen atoms in total. The van der Waals surface area contributed by atoms with E-state index in [0.717, 1.165) is 35.4 Å². The van der Waals surface area contributed by atoms with E-state index < -0.39 is 0 Å². The monoisotopic (exact) mass is 251 g/mol. The number of hydrogen-bond acceptors (Lipinski definition) is 3. The van der Waals surface area contributed by atoms with Crippen LogP contribution in [0.25, 0.3) is 5.65 Å². The highest BCUT2D eigenvalue weighted by molar-refractivity contribution is 6.30. The normalized spacial score (nSPS) is 15.2. The molecule has 2 aromatic rings. The first-order chi connectivity index (χ1) is 8.29. The molecule has 1 aliphatic carbocycles. The first kappa shape index (κ1) is 11.0. The minimum Gasteiger partial charge on any atom is -0.378 e. The Hall–Kier alpha value is -1.13. The topological polar surface area (TPSA) is 39.4 Å². The molecule has 0 unspecified atom stereocenters. The van der Waals surface area contributed by atoms with E-state index >= 15 is 0 Å². The van der Waals surface area contributed by atoms with Crippen LogP contribution in [-0.2, 0) is 24.2 Å². The molecule has 2 heterocycles. The van der Waals surface area contributed by atoms with E-state index in [0.29, 0.717) is 11.8 Å². The van der Waals surface area contributed by atoms with Gasteiger partial charge in [-0.1, -0.05) is 11.6 Å². The Morgan fingerprint density at radius 3 is 3.06 bits per heavy atom. The number of rotatable bonds is 2. The molecule has 0 atom stereocenters. The second kappa shape index (κ2) is 4.27. The van der Waals surface area contributed by atoms with Gasteiger partial charge in [0.25, 0.3) is 0 Å². The maximum atomic E-state index is 6.39. The van der Waals surface area contributed by atoms with Crippen molar-refractivity contribution < 1.29 is 4.74 Å². The van der Waals surface area contributed by atoms with Gasteiger partial charge in [0.1, 0.15) is 5.15 Å². The van der Waals surface area contributed by atoms with Crippen LogP contribution in [0.2, 0.25) is 5.15 Å². The lowest BCUT2D eigenvalue weighted by atomic mass is 9.97. The first-order valence-corrected chi connectivity index (χ1v) is 6.22. The van der Waals surface area contributed by atoms with Crippen molar-refractivity contribution in [2.24, 2.45) is 0 Å². The average Bonchev–Trinajstić information content (AvgIpc) is 2.73. The summed E-state index contributed by atoms with van der Waals surface area (Å²) in [6.45, 7) is 0.490. The van der Waals surface area contributed by atoms with E-state index in [1.807, 2.05) is 6.07 Å². The Morgan fingerprint density at radius 2 is 2.24 bits per heavy atom. The second-order valence-corrected chi connectivity index (χ2v) is 4.73. The van der Waals surface area contributed by atoms with Crippen LogP contribution in [-0.4, -0.2) is 21.7 Å². The summed E-state index contributed by atoms with van der Waals surface area (Å²) in [5.74, 6) is 0. The van der Waals surface area contributed by atoms with Crippen LogP contribution in [0.3, 0.4) is 0 Å². The first-order valence-electron chi connectivity index (χ1n) is 5.84. The number of fused-ring (bicyclic) bond motifs is 2. The van der Waals surface area contributed by atoms with Gasteiger partial charge in [-0.2, -0.15) is 5.10 Å². The van der Waals surface area contributed by atoms with Gasteiger partial charge < -0.3 is 4.74 Å². The van der Waals surface area contributed by atoms with Crippen LogP contribution in [0.15, 0.2) is 6.07 Å². The summed E-state index contributed by atoms with van der Waals surface area (Å²) in [6.07, 6.45) is 4.42. The van der Waals surface area contributed by atoms with Crippen LogP contribution < -0.4 is 0 Å². The summed E-state index contributed by atoms with van der Waals surface area (Å²) in [7, 11) is 1.66. The lowest BCUT2D eigenvalue weighted by Gasteiger charge is -2.16. The Balaban J connectivity index is 2.18. The van der Waals surface area contributed by atoms with Gasteiger partial charge in [-0.3, -0.25) is 0 Å².